The summed E-state index contributed by atoms with van der Waals surface area (Å²) in [6.07, 6.45) is -6.97. The fourth-order valence-corrected chi connectivity index (χ4v) is 4.65. The lowest BCUT2D eigenvalue weighted by molar-refractivity contribution is -0.184. The molecule has 1 aromatic rings. The van der Waals surface area contributed by atoms with Gasteiger partial charge in [0.2, 0.25) is 5.91 Å². The van der Waals surface area contributed by atoms with Crippen LogP contribution in [-0.4, -0.2) is 42.1 Å². The average molecular weight is 482 g/mol. The van der Waals surface area contributed by atoms with Crippen LogP contribution in [0.15, 0.2) is 18.2 Å². The Balaban J connectivity index is 1.86. The number of nitrogens with one attached hydrogen (secondary N) is 2. The number of hydrogen-bond acceptors (Lipinski definition) is 2. The van der Waals surface area contributed by atoms with E-state index in [0.717, 1.165) is 0 Å². The Labute approximate surface area is 187 Å². The maximum absolute atomic E-state index is 13.4. The highest BCUT2D eigenvalue weighted by Crippen LogP contribution is 2.44. The van der Waals surface area contributed by atoms with E-state index in [9.17, 15) is 31.5 Å². The number of amides is 3. The highest BCUT2D eigenvalue weighted by molar-refractivity contribution is 6.31. The standard InChI is InChI=1S/C21H25ClF5N3O2/c1-11-19(31)28-8-9-30(11)20(32)29-17(12-2-5-14(6-3-12)21(25,26)27)13-4-7-16(22)15(10-13)18(23)24/h4,7,10-12,14,17-18H,2-3,5-6,8-9H2,1H3,(H,28,31)(H,29,32)/t11-,12-,14+,17+/m1/s1. The van der Waals surface area contributed by atoms with Crippen LogP contribution >= 0.6 is 11.6 Å². The molecule has 2 aliphatic rings. The van der Waals surface area contributed by atoms with Gasteiger partial charge in [0.05, 0.1) is 12.0 Å². The molecule has 1 saturated heterocycles. The fraction of sp³-hybridized carbons (Fsp3) is 0.619. The minimum atomic E-state index is -4.29. The van der Waals surface area contributed by atoms with E-state index in [1.165, 1.54) is 23.1 Å². The van der Waals surface area contributed by atoms with Crippen LogP contribution in [0, 0.1) is 11.8 Å². The van der Waals surface area contributed by atoms with Gasteiger partial charge in [-0.25, -0.2) is 13.6 Å². The first-order valence-electron chi connectivity index (χ1n) is 10.5. The third-order valence-corrected chi connectivity index (χ3v) is 6.70. The zero-order valence-electron chi connectivity index (χ0n) is 17.4. The number of hydrogen-bond donors (Lipinski definition) is 2. The number of rotatable bonds is 4. The largest absolute Gasteiger partial charge is 0.391 e. The summed E-state index contributed by atoms with van der Waals surface area (Å²) in [4.78, 5) is 26.2. The Bertz CT molecular complexity index is 843. The Hall–Kier alpha value is -2.10. The normalized spacial score (nSPS) is 25.4. The summed E-state index contributed by atoms with van der Waals surface area (Å²) in [5, 5.41) is 5.32. The molecule has 2 atom stereocenters. The van der Waals surface area contributed by atoms with Crippen molar-refractivity contribution >= 4 is 23.5 Å². The van der Waals surface area contributed by atoms with Gasteiger partial charge >= 0.3 is 12.2 Å². The third kappa shape index (κ3) is 5.44. The average Bonchev–Trinajstić information content (AvgIpc) is 2.73. The zero-order valence-corrected chi connectivity index (χ0v) is 18.1. The predicted octanol–water partition coefficient (Wildman–Crippen LogP) is 5.22. The molecule has 0 bridgehead atoms. The summed E-state index contributed by atoms with van der Waals surface area (Å²) < 4.78 is 66.1. The van der Waals surface area contributed by atoms with Gasteiger partial charge in [-0.3, -0.25) is 4.79 Å². The van der Waals surface area contributed by atoms with Gasteiger partial charge in [0, 0.05) is 23.7 Å². The number of benzene rings is 1. The van der Waals surface area contributed by atoms with Crippen LogP contribution in [0.4, 0.5) is 26.7 Å². The van der Waals surface area contributed by atoms with Crippen molar-refractivity contribution in [1.29, 1.82) is 0 Å². The zero-order chi connectivity index (χ0) is 23.6. The van der Waals surface area contributed by atoms with Crippen molar-refractivity contribution in [3.63, 3.8) is 0 Å². The van der Waals surface area contributed by atoms with Gasteiger partial charge in [0.25, 0.3) is 6.43 Å². The summed E-state index contributed by atoms with van der Waals surface area (Å²) in [5.74, 6) is -2.11. The summed E-state index contributed by atoms with van der Waals surface area (Å²) in [5.41, 5.74) is -0.0549. The topological polar surface area (TPSA) is 61.4 Å². The molecule has 2 fully saturated rings. The van der Waals surface area contributed by atoms with E-state index in [1.54, 1.807) is 6.92 Å². The van der Waals surface area contributed by atoms with Crippen LogP contribution in [0.5, 0.6) is 0 Å². The molecule has 1 aliphatic carbocycles. The maximum atomic E-state index is 13.4. The van der Waals surface area contributed by atoms with Gasteiger partial charge in [0.1, 0.15) is 6.04 Å². The van der Waals surface area contributed by atoms with Crippen molar-refractivity contribution < 1.29 is 31.5 Å². The molecule has 0 radical (unpaired) electrons. The smallest absolute Gasteiger partial charge is 0.353 e. The van der Waals surface area contributed by atoms with E-state index in [4.69, 9.17) is 11.6 Å². The van der Waals surface area contributed by atoms with Gasteiger partial charge in [-0.05, 0) is 56.2 Å². The number of halogens is 6. The van der Waals surface area contributed by atoms with Crippen molar-refractivity contribution in [2.45, 2.75) is 57.3 Å². The van der Waals surface area contributed by atoms with Crippen molar-refractivity contribution in [2.24, 2.45) is 11.8 Å². The molecule has 1 aliphatic heterocycles. The quantitative estimate of drug-likeness (QED) is 0.579. The summed E-state index contributed by atoms with van der Waals surface area (Å²) in [7, 11) is 0. The molecule has 178 valence electrons. The van der Waals surface area contributed by atoms with E-state index in [2.05, 4.69) is 10.6 Å². The lowest BCUT2D eigenvalue weighted by Crippen LogP contribution is -2.58. The number of piperazine rings is 1. The lowest BCUT2D eigenvalue weighted by Gasteiger charge is -2.38. The van der Waals surface area contributed by atoms with Gasteiger partial charge < -0.3 is 15.5 Å². The maximum Gasteiger partial charge on any atom is 0.391 e. The number of alkyl halides is 5. The monoisotopic (exact) mass is 481 g/mol. The summed E-state index contributed by atoms with van der Waals surface area (Å²) >= 11 is 5.87. The molecule has 1 saturated carbocycles. The molecule has 2 N–H and O–H groups in total. The van der Waals surface area contributed by atoms with Crippen molar-refractivity contribution in [3.8, 4) is 0 Å². The minimum absolute atomic E-state index is 0.0989. The number of carbonyl (C=O) groups excluding carboxylic acids is 2. The van der Waals surface area contributed by atoms with E-state index in [0.29, 0.717) is 5.56 Å². The van der Waals surface area contributed by atoms with Crippen molar-refractivity contribution in [3.05, 3.63) is 34.3 Å². The minimum Gasteiger partial charge on any atom is -0.353 e. The molecule has 3 rings (SSSR count). The Morgan fingerprint density at radius 3 is 2.47 bits per heavy atom. The van der Waals surface area contributed by atoms with Crippen LogP contribution in [0.25, 0.3) is 0 Å². The van der Waals surface area contributed by atoms with Crippen LogP contribution in [0.2, 0.25) is 5.02 Å². The van der Waals surface area contributed by atoms with E-state index < -0.39 is 42.2 Å². The highest BCUT2D eigenvalue weighted by atomic mass is 35.5. The molecule has 32 heavy (non-hydrogen) atoms. The number of nitrogens with zero attached hydrogens (tertiary/aromatic N) is 1. The first-order chi connectivity index (χ1) is 15.0. The molecule has 0 aromatic heterocycles. The highest BCUT2D eigenvalue weighted by Gasteiger charge is 2.43. The first-order valence-corrected chi connectivity index (χ1v) is 10.9. The molecule has 11 heteroatoms. The lowest BCUT2D eigenvalue weighted by atomic mass is 9.76. The van der Waals surface area contributed by atoms with Crippen molar-refractivity contribution in [2.75, 3.05) is 13.1 Å². The molecule has 3 amide bonds. The van der Waals surface area contributed by atoms with Gasteiger partial charge in [-0.2, -0.15) is 13.2 Å². The number of carbonyl (C=O) groups is 2. The molecule has 0 unspecified atom stereocenters. The van der Waals surface area contributed by atoms with Gasteiger partial charge in [0.15, 0.2) is 0 Å². The predicted molar refractivity (Wildman–Crippen MR) is 108 cm³/mol. The Kier molecular flexibility index (Phi) is 7.52. The Morgan fingerprint density at radius 1 is 1.22 bits per heavy atom. The third-order valence-electron chi connectivity index (χ3n) is 6.36. The molecule has 1 aromatic carbocycles. The molecule has 5 nitrogen and oxygen atoms in total. The second kappa shape index (κ2) is 9.80. The fourth-order valence-electron chi connectivity index (χ4n) is 4.45. The molecular formula is C21H25ClF5N3O2. The molecular weight excluding hydrogens is 457 g/mol. The first kappa shape index (κ1) is 24.5. The number of urea groups is 1. The van der Waals surface area contributed by atoms with E-state index >= 15 is 0 Å². The molecule has 0 spiro atoms. The van der Waals surface area contributed by atoms with E-state index in [-0.39, 0.29) is 55.6 Å². The Morgan fingerprint density at radius 2 is 1.88 bits per heavy atom. The van der Waals surface area contributed by atoms with E-state index in [1.807, 2.05) is 0 Å². The van der Waals surface area contributed by atoms with Crippen LogP contribution in [0.1, 0.15) is 56.2 Å². The summed E-state index contributed by atoms with van der Waals surface area (Å²) in [6.45, 7) is 2.10. The second-order valence-electron chi connectivity index (χ2n) is 8.32. The molecule has 1 heterocycles. The van der Waals surface area contributed by atoms with Gasteiger partial charge in [-0.15, -0.1) is 0 Å². The van der Waals surface area contributed by atoms with Gasteiger partial charge in [-0.1, -0.05) is 17.7 Å². The SMILES string of the molecule is C[C@@H]1C(=O)NCCN1C(=O)N[C@H](c1ccc(Cl)c(C(F)F)c1)[C@H]1CC[C@@H](C(F)(F)F)CC1. The summed E-state index contributed by atoms with van der Waals surface area (Å²) in [6, 6.07) is 1.91. The van der Waals surface area contributed by atoms with Crippen LogP contribution < -0.4 is 10.6 Å². The van der Waals surface area contributed by atoms with Crippen molar-refractivity contribution in [1.82, 2.24) is 15.5 Å². The second-order valence-corrected chi connectivity index (χ2v) is 8.73. The van der Waals surface area contributed by atoms with Crippen LogP contribution in [-0.2, 0) is 4.79 Å². The van der Waals surface area contributed by atoms with Crippen LogP contribution in [0.3, 0.4) is 0 Å².